The number of carbonyl (C=O) groups excluding carboxylic acids is 2. The topological polar surface area (TPSA) is 86.8 Å². The maximum Gasteiger partial charge on any atom is 0.244 e. The van der Waals surface area contributed by atoms with Crippen molar-refractivity contribution >= 4 is 55.1 Å². The summed E-state index contributed by atoms with van der Waals surface area (Å²) in [6, 6.07) is 20.6. The number of nitrogens with zero attached hydrogens (tertiary/aromatic N) is 2. The Morgan fingerprint density at radius 3 is 2.27 bits per heavy atom. The van der Waals surface area contributed by atoms with E-state index < -0.39 is 28.5 Å². The zero-order chi connectivity index (χ0) is 27.2. The Balaban J connectivity index is 2.05. The van der Waals surface area contributed by atoms with E-state index in [-0.39, 0.29) is 18.9 Å². The number of nitrogens with one attached hydrogen (secondary N) is 1. The van der Waals surface area contributed by atoms with Gasteiger partial charge in [0.05, 0.1) is 11.9 Å². The third kappa shape index (κ3) is 7.56. The summed E-state index contributed by atoms with van der Waals surface area (Å²) in [5.41, 5.74) is 2.68. The Labute approximate surface area is 231 Å². The molecule has 0 aliphatic heterocycles. The Morgan fingerprint density at radius 2 is 1.68 bits per heavy atom. The van der Waals surface area contributed by atoms with Crippen LogP contribution >= 0.6 is 27.5 Å². The summed E-state index contributed by atoms with van der Waals surface area (Å²) in [4.78, 5) is 28.4. The van der Waals surface area contributed by atoms with Gasteiger partial charge in [-0.3, -0.25) is 13.9 Å². The van der Waals surface area contributed by atoms with E-state index in [1.807, 2.05) is 37.3 Å². The van der Waals surface area contributed by atoms with Gasteiger partial charge in [-0.05, 0) is 47.9 Å². The first-order valence-corrected chi connectivity index (χ1v) is 14.6. The highest BCUT2D eigenvalue weighted by molar-refractivity contribution is 9.10. The third-order valence-corrected chi connectivity index (χ3v) is 8.32. The quantitative estimate of drug-likeness (QED) is 0.367. The fourth-order valence-corrected chi connectivity index (χ4v) is 5.21. The van der Waals surface area contributed by atoms with E-state index in [1.54, 1.807) is 42.5 Å². The van der Waals surface area contributed by atoms with Crippen molar-refractivity contribution in [1.29, 1.82) is 0 Å². The molecule has 0 aliphatic carbocycles. The first-order chi connectivity index (χ1) is 17.5. The van der Waals surface area contributed by atoms with Crippen LogP contribution in [0.5, 0.6) is 0 Å². The van der Waals surface area contributed by atoms with Crippen LogP contribution in [-0.2, 0) is 32.6 Å². The molecule has 7 nitrogen and oxygen atoms in total. The van der Waals surface area contributed by atoms with Crippen LogP contribution < -0.4 is 9.62 Å². The van der Waals surface area contributed by atoms with Crippen LogP contribution in [0.3, 0.4) is 0 Å². The Bertz CT molecular complexity index is 1370. The van der Waals surface area contributed by atoms with Crippen molar-refractivity contribution < 1.29 is 18.0 Å². The third-order valence-electron chi connectivity index (χ3n) is 5.92. The molecule has 1 N–H and O–H groups in total. The number of benzene rings is 3. The number of sulfonamides is 1. The van der Waals surface area contributed by atoms with Crippen molar-refractivity contribution in [1.82, 2.24) is 10.2 Å². The number of rotatable bonds is 10. The van der Waals surface area contributed by atoms with Gasteiger partial charge in [-0.15, -0.1) is 0 Å². The molecule has 0 aromatic heterocycles. The fraction of sp³-hybridized carbons (Fsp3) is 0.259. The van der Waals surface area contributed by atoms with E-state index in [9.17, 15) is 18.0 Å². The van der Waals surface area contributed by atoms with Gasteiger partial charge in [0, 0.05) is 29.5 Å². The smallest absolute Gasteiger partial charge is 0.244 e. The van der Waals surface area contributed by atoms with Crippen molar-refractivity contribution in [2.24, 2.45) is 0 Å². The Morgan fingerprint density at radius 1 is 1.03 bits per heavy atom. The Hall–Kier alpha value is -2.88. The maximum absolute atomic E-state index is 13.9. The van der Waals surface area contributed by atoms with Gasteiger partial charge in [-0.2, -0.15) is 0 Å². The molecule has 2 amide bonds. The second-order valence-corrected chi connectivity index (χ2v) is 11.8. The molecule has 0 saturated carbocycles. The summed E-state index contributed by atoms with van der Waals surface area (Å²) in [5, 5.41) is 3.09. The van der Waals surface area contributed by atoms with Crippen LogP contribution in [0.1, 0.15) is 16.7 Å². The highest BCUT2D eigenvalue weighted by Crippen LogP contribution is 2.26. The summed E-state index contributed by atoms with van der Waals surface area (Å²) in [7, 11) is -2.32. The largest absolute Gasteiger partial charge is 0.357 e. The average molecular weight is 607 g/mol. The lowest BCUT2D eigenvalue weighted by Gasteiger charge is -2.33. The maximum atomic E-state index is 13.9. The molecule has 0 unspecified atom stereocenters. The molecule has 0 spiro atoms. The average Bonchev–Trinajstić information content (AvgIpc) is 2.86. The minimum atomic E-state index is -3.82. The number of aryl methyl sites for hydroxylation is 1. The highest BCUT2D eigenvalue weighted by atomic mass is 79.9. The molecule has 3 aromatic rings. The van der Waals surface area contributed by atoms with Crippen LogP contribution in [0.2, 0.25) is 5.02 Å². The van der Waals surface area contributed by atoms with Crippen molar-refractivity contribution in [3.8, 4) is 0 Å². The minimum Gasteiger partial charge on any atom is -0.357 e. The number of hydrogen-bond acceptors (Lipinski definition) is 4. The zero-order valence-corrected chi connectivity index (χ0v) is 24.0. The van der Waals surface area contributed by atoms with E-state index in [2.05, 4.69) is 21.2 Å². The molecular weight excluding hydrogens is 578 g/mol. The van der Waals surface area contributed by atoms with Crippen molar-refractivity contribution in [3.63, 3.8) is 0 Å². The molecule has 37 heavy (non-hydrogen) atoms. The van der Waals surface area contributed by atoms with Gasteiger partial charge >= 0.3 is 0 Å². The molecule has 10 heteroatoms. The molecule has 0 bridgehead atoms. The first-order valence-electron chi connectivity index (χ1n) is 11.5. The summed E-state index contributed by atoms with van der Waals surface area (Å²) in [5.74, 6) is -0.898. The minimum absolute atomic E-state index is 0.0282. The highest BCUT2D eigenvalue weighted by Gasteiger charge is 2.33. The number of anilines is 1. The molecule has 0 aliphatic rings. The van der Waals surface area contributed by atoms with Crippen LogP contribution in [-0.4, -0.2) is 51.0 Å². The van der Waals surface area contributed by atoms with Gasteiger partial charge in [0.2, 0.25) is 21.8 Å². The van der Waals surface area contributed by atoms with Gasteiger partial charge in [-0.25, -0.2) is 8.42 Å². The van der Waals surface area contributed by atoms with Crippen LogP contribution in [0, 0.1) is 6.92 Å². The normalized spacial score (nSPS) is 12.0. The van der Waals surface area contributed by atoms with E-state index >= 15 is 0 Å². The standard InChI is InChI=1S/C27H29BrClN3O4S/c1-19-15-22(13-14-23(19)28)32(37(3,35)36)18-26(33)31(17-21-11-7-8-12-24(21)29)25(27(34)30-2)16-20-9-5-4-6-10-20/h4-15,25H,16-18H2,1-3H3,(H,30,34)/t25-/m1/s1. The predicted octanol–water partition coefficient (Wildman–Crippen LogP) is 4.56. The second-order valence-electron chi connectivity index (χ2n) is 8.64. The number of likely N-dealkylation sites (N-methyl/N-ethyl adjacent to an activating group) is 1. The molecule has 196 valence electrons. The lowest BCUT2D eigenvalue weighted by molar-refractivity contribution is -0.139. The molecular formula is C27H29BrClN3O4S. The van der Waals surface area contributed by atoms with E-state index in [0.717, 1.165) is 26.2 Å². The Kier molecular flexibility index (Phi) is 9.75. The van der Waals surface area contributed by atoms with E-state index in [1.165, 1.54) is 11.9 Å². The van der Waals surface area contributed by atoms with Crippen LogP contribution in [0.15, 0.2) is 77.3 Å². The van der Waals surface area contributed by atoms with Gasteiger partial charge in [0.25, 0.3) is 0 Å². The molecule has 0 radical (unpaired) electrons. The van der Waals surface area contributed by atoms with Gasteiger partial charge in [0.1, 0.15) is 12.6 Å². The lowest BCUT2D eigenvalue weighted by Crippen LogP contribution is -2.52. The van der Waals surface area contributed by atoms with Crippen LogP contribution in [0.25, 0.3) is 0 Å². The molecule has 3 aromatic carbocycles. The molecule has 0 heterocycles. The van der Waals surface area contributed by atoms with E-state index in [4.69, 9.17) is 11.6 Å². The molecule has 1 atom stereocenters. The summed E-state index contributed by atoms with van der Waals surface area (Å²) in [6.45, 7) is 1.38. The monoisotopic (exact) mass is 605 g/mol. The van der Waals surface area contributed by atoms with Crippen molar-refractivity contribution in [2.75, 3.05) is 24.2 Å². The van der Waals surface area contributed by atoms with Gasteiger partial charge in [0.15, 0.2) is 0 Å². The zero-order valence-electron chi connectivity index (χ0n) is 20.8. The number of hydrogen-bond donors (Lipinski definition) is 1. The summed E-state index contributed by atoms with van der Waals surface area (Å²) >= 11 is 9.83. The first kappa shape index (κ1) is 28.7. The van der Waals surface area contributed by atoms with Crippen LogP contribution in [0.4, 0.5) is 5.69 Å². The lowest BCUT2D eigenvalue weighted by atomic mass is 10.0. The SMILES string of the molecule is CNC(=O)[C@@H](Cc1ccccc1)N(Cc1ccccc1Cl)C(=O)CN(c1ccc(Br)c(C)c1)S(C)(=O)=O. The van der Waals surface area contributed by atoms with Gasteiger partial charge < -0.3 is 10.2 Å². The van der Waals surface area contributed by atoms with Gasteiger partial charge in [-0.1, -0.05) is 76.1 Å². The molecule has 0 fully saturated rings. The summed E-state index contributed by atoms with van der Waals surface area (Å²) < 4.78 is 27.5. The molecule has 3 rings (SSSR count). The van der Waals surface area contributed by atoms with Crippen molar-refractivity contribution in [2.45, 2.75) is 25.9 Å². The number of amides is 2. The summed E-state index contributed by atoms with van der Waals surface area (Å²) in [6.07, 6.45) is 1.29. The number of carbonyl (C=O) groups is 2. The number of halogens is 2. The predicted molar refractivity (Wildman–Crippen MR) is 151 cm³/mol. The van der Waals surface area contributed by atoms with E-state index in [0.29, 0.717) is 16.3 Å². The fourth-order valence-electron chi connectivity index (χ4n) is 3.93. The van der Waals surface area contributed by atoms with Crippen molar-refractivity contribution in [3.05, 3.63) is 99.0 Å². The second kappa shape index (κ2) is 12.6. The molecule has 0 saturated heterocycles.